The van der Waals surface area contributed by atoms with Gasteiger partial charge in [0, 0.05) is 17.8 Å². The summed E-state index contributed by atoms with van der Waals surface area (Å²) in [7, 11) is 0. The lowest BCUT2D eigenvalue weighted by atomic mass is 9.76. The van der Waals surface area contributed by atoms with Gasteiger partial charge in [-0.25, -0.2) is 4.98 Å². The maximum absolute atomic E-state index is 4.41. The third-order valence-electron chi connectivity index (χ3n) is 4.54. The molecule has 2 aromatic heterocycles. The van der Waals surface area contributed by atoms with Gasteiger partial charge in [0.25, 0.3) is 0 Å². The van der Waals surface area contributed by atoms with Crippen molar-refractivity contribution in [1.82, 2.24) is 9.97 Å². The summed E-state index contributed by atoms with van der Waals surface area (Å²) in [5, 5.41) is 1.33. The summed E-state index contributed by atoms with van der Waals surface area (Å²) in [6, 6.07) is 4.26. The van der Waals surface area contributed by atoms with Crippen LogP contribution in [-0.4, -0.2) is 9.97 Å². The average molecular weight is 242 g/mol. The summed E-state index contributed by atoms with van der Waals surface area (Å²) in [5.74, 6) is 1.59. The first-order valence-electron chi connectivity index (χ1n) is 7.32. The van der Waals surface area contributed by atoms with Crippen LogP contribution in [0.1, 0.15) is 56.9 Å². The first kappa shape index (κ1) is 11.8. The van der Waals surface area contributed by atoms with E-state index in [9.17, 15) is 0 Å². The van der Waals surface area contributed by atoms with Crippen molar-refractivity contribution in [1.29, 1.82) is 0 Å². The molecule has 1 saturated carbocycles. The molecule has 1 fully saturated rings. The molecule has 0 bridgehead atoms. The van der Waals surface area contributed by atoms with Crippen molar-refractivity contribution in [2.75, 3.05) is 0 Å². The van der Waals surface area contributed by atoms with Gasteiger partial charge in [-0.15, -0.1) is 0 Å². The van der Waals surface area contributed by atoms with Crippen LogP contribution < -0.4 is 0 Å². The number of hydrogen-bond acceptors (Lipinski definition) is 1. The lowest BCUT2D eigenvalue weighted by Crippen LogP contribution is -2.15. The Balaban J connectivity index is 1.95. The van der Waals surface area contributed by atoms with Crippen LogP contribution in [0.3, 0.4) is 0 Å². The van der Waals surface area contributed by atoms with Crippen molar-refractivity contribution >= 4 is 11.0 Å². The third-order valence-corrected chi connectivity index (χ3v) is 4.54. The molecule has 2 heteroatoms. The van der Waals surface area contributed by atoms with Gasteiger partial charge >= 0.3 is 0 Å². The quantitative estimate of drug-likeness (QED) is 0.834. The zero-order valence-corrected chi connectivity index (χ0v) is 11.2. The van der Waals surface area contributed by atoms with E-state index in [1.807, 2.05) is 12.3 Å². The topological polar surface area (TPSA) is 28.7 Å². The van der Waals surface area contributed by atoms with Crippen LogP contribution in [0.2, 0.25) is 0 Å². The Morgan fingerprint density at radius 1 is 1.33 bits per heavy atom. The van der Waals surface area contributed by atoms with Gasteiger partial charge in [0.2, 0.25) is 0 Å². The highest BCUT2D eigenvalue weighted by Gasteiger charge is 2.25. The van der Waals surface area contributed by atoms with Crippen molar-refractivity contribution in [3.63, 3.8) is 0 Å². The molecule has 96 valence electrons. The number of H-pyrrole nitrogens is 1. The second-order valence-electron chi connectivity index (χ2n) is 5.56. The van der Waals surface area contributed by atoms with Crippen LogP contribution in [0.15, 0.2) is 24.5 Å². The Morgan fingerprint density at radius 3 is 2.94 bits per heavy atom. The number of pyridine rings is 1. The fourth-order valence-corrected chi connectivity index (χ4v) is 3.63. The molecule has 1 atom stereocenters. The first-order chi connectivity index (χ1) is 8.90. The van der Waals surface area contributed by atoms with Crippen molar-refractivity contribution in [2.45, 2.75) is 51.4 Å². The molecule has 1 unspecified atom stereocenters. The van der Waals surface area contributed by atoms with Gasteiger partial charge in [-0.1, -0.05) is 26.2 Å². The van der Waals surface area contributed by atoms with E-state index in [0.717, 1.165) is 11.6 Å². The summed E-state index contributed by atoms with van der Waals surface area (Å²) in [6.45, 7) is 2.33. The molecule has 1 aliphatic carbocycles. The van der Waals surface area contributed by atoms with E-state index in [-0.39, 0.29) is 0 Å². The van der Waals surface area contributed by atoms with E-state index in [0.29, 0.717) is 5.92 Å². The molecule has 0 aliphatic heterocycles. The smallest absolute Gasteiger partial charge is 0.137 e. The maximum Gasteiger partial charge on any atom is 0.137 e. The van der Waals surface area contributed by atoms with Gasteiger partial charge < -0.3 is 4.98 Å². The lowest BCUT2D eigenvalue weighted by molar-refractivity contribution is 0.300. The summed E-state index contributed by atoms with van der Waals surface area (Å²) in [4.78, 5) is 7.74. The molecule has 2 nitrogen and oxygen atoms in total. The molecule has 18 heavy (non-hydrogen) atoms. The molecule has 0 radical (unpaired) electrons. The Morgan fingerprint density at radius 2 is 2.17 bits per heavy atom. The van der Waals surface area contributed by atoms with E-state index in [4.69, 9.17) is 0 Å². The van der Waals surface area contributed by atoms with Gasteiger partial charge in [-0.3, -0.25) is 0 Å². The molecule has 1 aliphatic rings. The highest BCUT2D eigenvalue weighted by Crippen LogP contribution is 2.40. The zero-order valence-electron chi connectivity index (χ0n) is 11.2. The standard InChI is InChI=1S/C16H22N2/c1-2-13(12-7-4-3-5-8-12)15-11-18-16-14(15)9-6-10-17-16/h6,9-13H,2-5,7-8H2,1H3,(H,17,18). The summed E-state index contributed by atoms with van der Waals surface area (Å²) >= 11 is 0. The van der Waals surface area contributed by atoms with Gasteiger partial charge in [0.05, 0.1) is 0 Å². The zero-order chi connectivity index (χ0) is 12.4. The molecule has 0 amide bonds. The van der Waals surface area contributed by atoms with Crippen LogP contribution in [0.5, 0.6) is 0 Å². The number of fused-ring (bicyclic) bond motifs is 1. The number of aromatic nitrogens is 2. The van der Waals surface area contributed by atoms with E-state index < -0.39 is 0 Å². The molecular formula is C16H22N2. The highest BCUT2D eigenvalue weighted by molar-refractivity contribution is 5.80. The van der Waals surface area contributed by atoms with Crippen LogP contribution in [0, 0.1) is 5.92 Å². The fraction of sp³-hybridized carbons (Fsp3) is 0.562. The second kappa shape index (κ2) is 5.13. The Labute approximate surface area is 109 Å². The number of rotatable bonds is 3. The third kappa shape index (κ3) is 2.05. The highest BCUT2D eigenvalue weighted by atomic mass is 14.8. The average Bonchev–Trinajstić information content (AvgIpc) is 2.85. The molecule has 0 saturated heterocycles. The van der Waals surface area contributed by atoms with Crippen molar-refractivity contribution in [3.8, 4) is 0 Å². The first-order valence-corrected chi connectivity index (χ1v) is 7.32. The number of hydrogen-bond donors (Lipinski definition) is 1. The molecule has 0 aromatic carbocycles. The predicted octanol–water partition coefficient (Wildman–Crippen LogP) is 4.64. The van der Waals surface area contributed by atoms with E-state index in [1.54, 1.807) is 0 Å². The normalized spacial score (nSPS) is 19.2. The summed E-state index contributed by atoms with van der Waals surface area (Å²) in [6.07, 6.45) is 12.4. The van der Waals surface area contributed by atoms with E-state index in [2.05, 4.69) is 29.2 Å². The second-order valence-corrected chi connectivity index (χ2v) is 5.56. The van der Waals surface area contributed by atoms with E-state index in [1.165, 1.54) is 49.5 Å². The summed E-state index contributed by atoms with van der Waals surface area (Å²) in [5.41, 5.74) is 2.54. The fourth-order valence-electron chi connectivity index (χ4n) is 3.63. The van der Waals surface area contributed by atoms with Gasteiger partial charge in [-0.05, 0) is 48.8 Å². The largest absolute Gasteiger partial charge is 0.346 e. The van der Waals surface area contributed by atoms with Crippen molar-refractivity contribution in [2.24, 2.45) is 5.92 Å². The van der Waals surface area contributed by atoms with Crippen LogP contribution in [0.25, 0.3) is 11.0 Å². The minimum absolute atomic E-state index is 0.711. The Hall–Kier alpha value is -1.31. The number of nitrogens with zero attached hydrogens (tertiary/aromatic N) is 1. The van der Waals surface area contributed by atoms with Crippen LogP contribution in [0.4, 0.5) is 0 Å². The Bertz CT molecular complexity index is 509. The monoisotopic (exact) mass is 242 g/mol. The lowest BCUT2D eigenvalue weighted by Gasteiger charge is -2.29. The molecule has 2 heterocycles. The molecule has 3 rings (SSSR count). The number of nitrogens with one attached hydrogen (secondary N) is 1. The molecule has 0 spiro atoms. The van der Waals surface area contributed by atoms with Crippen LogP contribution in [-0.2, 0) is 0 Å². The van der Waals surface area contributed by atoms with E-state index >= 15 is 0 Å². The van der Waals surface area contributed by atoms with Crippen LogP contribution >= 0.6 is 0 Å². The Kier molecular flexibility index (Phi) is 3.35. The van der Waals surface area contributed by atoms with Gasteiger partial charge in [0.15, 0.2) is 0 Å². The maximum atomic E-state index is 4.41. The van der Waals surface area contributed by atoms with Crippen molar-refractivity contribution in [3.05, 3.63) is 30.1 Å². The molecule has 2 aromatic rings. The van der Waals surface area contributed by atoms with Gasteiger partial charge in [0.1, 0.15) is 5.65 Å². The minimum atomic E-state index is 0.711. The predicted molar refractivity (Wildman–Crippen MR) is 75.7 cm³/mol. The molecular weight excluding hydrogens is 220 g/mol. The minimum Gasteiger partial charge on any atom is -0.346 e. The number of aromatic amines is 1. The SMILES string of the molecule is CCC(c1c[nH]c2ncccc12)C1CCCCC1. The van der Waals surface area contributed by atoms with Crippen molar-refractivity contribution < 1.29 is 0 Å². The van der Waals surface area contributed by atoms with Gasteiger partial charge in [-0.2, -0.15) is 0 Å². The molecule has 1 N–H and O–H groups in total. The summed E-state index contributed by atoms with van der Waals surface area (Å²) < 4.78 is 0.